The van der Waals surface area contributed by atoms with Crippen LogP contribution in [-0.4, -0.2) is 35.0 Å². The van der Waals surface area contributed by atoms with Crippen LogP contribution in [0.4, 0.5) is 0 Å². The van der Waals surface area contributed by atoms with E-state index in [-0.39, 0.29) is 5.60 Å². The van der Waals surface area contributed by atoms with Crippen molar-refractivity contribution in [1.29, 1.82) is 0 Å². The van der Waals surface area contributed by atoms with E-state index in [4.69, 9.17) is 4.43 Å². The molecule has 0 atom stereocenters. The van der Waals surface area contributed by atoms with E-state index >= 15 is 0 Å². The first-order chi connectivity index (χ1) is 6.89. The van der Waals surface area contributed by atoms with Gasteiger partial charge in [0.1, 0.15) is 0 Å². The Hall–Kier alpha value is 0.0569. The topological polar surface area (TPSA) is 45.3 Å². The van der Waals surface area contributed by atoms with Crippen LogP contribution in [-0.2, 0) is 4.43 Å². The molecule has 92 valence electrons. The van der Waals surface area contributed by atoms with Crippen molar-refractivity contribution < 1.29 is 4.43 Å². The summed E-state index contributed by atoms with van der Waals surface area (Å²) in [6.45, 7) is 9.40. The maximum atomic E-state index is 6.08. The Morgan fingerprint density at radius 3 is 2.00 bits per heavy atom. The summed E-state index contributed by atoms with van der Waals surface area (Å²) in [7, 11) is 1.71. The first-order valence-corrected chi connectivity index (χ1v) is 7.63. The Morgan fingerprint density at radius 1 is 1.13 bits per heavy atom. The highest BCUT2D eigenvalue weighted by Gasteiger charge is 2.37. The molecule has 4 nitrogen and oxygen atoms in total. The Balaban J connectivity index is 4.30. The molecule has 0 rings (SSSR count). The van der Waals surface area contributed by atoms with Crippen molar-refractivity contribution in [2.24, 2.45) is 0 Å². The van der Waals surface area contributed by atoms with Crippen LogP contribution in [0.3, 0.4) is 0 Å². The third kappa shape index (κ3) is 6.27. The minimum absolute atomic E-state index is 0.141. The van der Waals surface area contributed by atoms with Crippen molar-refractivity contribution in [3.05, 3.63) is 0 Å². The molecule has 0 aromatic carbocycles. The molecule has 0 unspecified atom stereocenters. The van der Waals surface area contributed by atoms with Crippen LogP contribution in [0.5, 0.6) is 0 Å². The third-order valence-corrected chi connectivity index (χ3v) is 5.14. The molecule has 5 heteroatoms. The molecular formula is C10H27N3OSi. The van der Waals surface area contributed by atoms with Gasteiger partial charge in [-0.25, -0.2) is 0 Å². The molecule has 0 amide bonds. The van der Waals surface area contributed by atoms with E-state index in [0.717, 1.165) is 6.54 Å². The van der Waals surface area contributed by atoms with Crippen LogP contribution >= 0.6 is 0 Å². The molecule has 0 heterocycles. The summed E-state index contributed by atoms with van der Waals surface area (Å²) in [5, 5.41) is 0. The van der Waals surface area contributed by atoms with Gasteiger partial charge < -0.3 is 4.43 Å². The van der Waals surface area contributed by atoms with Crippen LogP contribution < -0.4 is 14.9 Å². The lowest BCUT2D eigenvalue weighted by Crippen LogP contribution is -2.74. The van der Waals surface area contributed by atoms with Gasteiger partial charge in [0, 0.05) is 0 Å². The van der Waals surface area contributed by atoms with Gasteiger partial charge >= 0.3 is 8.80 Å². The van der Waals surface area contributed by atoms with Gasteiger partial charge in [0.25, 0.3) is 0 Å². The number of rotatable bonds is 7. The van der Waals surface area contributed by atoms with Crippen molar-refractivity contribution in [1.82, 2.24) is 14.9 Å². The van der Waals surface area contributed by atoms with Crippen molar-refractivity contribution in [2.45, 2.75) is 46.1 Å². The van der Waals surface area contributed by atoms with E-state index in [1.165, 1.54) is 12.8 Å². The van der Waals surface area contributed by atoms with Crippen LogP contribution in [0.1, 0.15) is 40.5 Å². The zero-order valence-corrected chi connectivity index (χ0v) is 12.0. The normalized spacial score (nSPS) is 13.2. The van der Waals surface area contributed by atoms with E-state index in [9.17, 15) is 0 Å². The smallest absolute Gasteiger partial charge is 0.375 e. The molecule has 0 saturated carbocycles. The zero-order valence-electron chi connectivity index (χ0n) is 11.0. The quantitative estimate of drug-likeness (QED) is 0.455. The second kappa shape index (κ2) is 6.60. The maximum absolute atomic E-state index is 6.08. The van der Waals surface area contributed by atoms with Gasteiger partial charge in [-0.05, 0) is 47.8 Å². The highest BCUT2D eigenvalue weighted by Crippen LogP contribution is 2.10. The van der Waals surface area contributed by atoms with E-state index in [2.05, 4.69) is 42.6 Å². The zero-order chi connectivity index (χ0) is 11.9. The predicted molar refractivity (Wildman–Crippen MR) is 67.6 cm³/mol. The predicted octanol–water partition coefficient (Wildman–Crippen LogP) is 1.07. The lowest BCUT2D eigenvalue weighted by Gasteiger charge is -2.36. The fraction of sp³-hybridized carbons (Fsp3) is 1.00. The molecule has 0 aliphatic carbocycles. The Kier molecular flexibility index (Phi) is 6.62. The van der Waals surface area contributed by atoms with Crippen LogP contribution in [0, 0.1) is 0 Å². The Labute approximate surface area is 95.5 Å². The van der Waals surface area contributed by atoms with E-state index in [1.54, 1.807) is 0 Å². The molecule has 0 aromatic heterocycles. The SMILES string of the molecule is CCCCN[Si](NC)(NC)OC(C)(C)C. The van der Waals surface area contributed by atoms with Crippen LogP contribution in [0.15, 0.2) is 0 Å². The molecule has 0 aromatic rings. The summed E-state index contributed by atoms with van der Waals surface area (Å²) in [6, 6.07) is 0. The monoisotopic (exact) mass is 233 g/mol. The molecule has 0 bridgehead atoms. The molecule has 0 radical (unpaired) electrons. The minimum Gasteiger partial charge on any atom is -0.375 e. The average Bonchev–Trinajstić information content (AvgIpc) is 2.15. The van der Waals surface area contributed by atoms with Gasteiger partial charge in [0.2, 0.25) is 0 Å². The summed E-state index contributed by atoms with van der Waals surface area (Å²) >= 11 is 0. The van der Waals surface area contributed by atoms with Gasteiger partial charge in [0.05, 0.1) is 5.60 Å². The lowest BCUT2D eigenvalue weighted by molar-refractivity contribution is 0.103. The van der Waals surface area contributed by atoms with Gasteiger partial charge in [-0.15, -0.1) is 0 Å². The molecule has 0 spiro atoms. The molecule has 0 saturated heterocycles. The first-order valence-electron chi connectivity index (χ1n) is 5.72. The van der Waals surface area contributed by atoms with Crippen LogP contribution in [0.25, 0.3) is 0 Å². The van der Waals surface area contributed by atoms with Crippen molar-refractivity contribution >= 4 is 8.80 Å². The average molecular weight is 233 g/mol. The Morgan fingerprint density at radius 2 is 1.67 bits per heavy atom. The lowest BCUT2D eigenvalue weighted by atomic mass is 10.2. The fourth-order valence-corrected chi connectivity index (χ4v) is 3.67. The van der Waals surface area contributed by atoms with E-state index < -0.39 is 8.80 Å². The fourth-order valence-electron chi connectivity index (χ4n) is 1.34. The number of unbranched alkanes of at least 4 members (excludes halogenated alkanes) is 1. The van der Waals surface area contributed by atoms with Gasteiger partial charge in [-0.1, -0.05) is 13.3 Å². The largest absolute Gasteiger partial charge is 0.440 e. The van der Waals surface area contributed by atoms with Gasteiger partial charge in [-0.3, -0.25) is 14.9 Å². The molecule has 0 aliphatic heterocycles. The second-order valence-electron chi connectivity index (χ2n) is 4.68. The minimum atomic E-state index is -2.17. The highest BCUT2D eigenvalue weighted by molar-refractivity contribution is 6.66. The van der Waals surface area contributed by atoms with E-state index in [0.29, 0.717) is 0 Å². The standard InChI is InChI=1S/C10H27N3OSi/c1-7-8-9-13-15(11-5,12-6)14-10(2,3)4/h11-13H,7-9H2,1-6H3. The summed E-state index contributed by atoms with van der Waals surface area (Å²) in [5.41, 5.74) is -0.141. The molecular weight excluding hydrogens is 206 g/mol. The summed E-state index contributed by atoms with van der Waals surface area (Å²) in [4.78, 5) is 10.0. The van der Waals surface area contributed by atoms with E-state index in [1.807, 2.05) is 14.1 Å². The molecule has 15 heavy (non-hydrogen) atoms. The van der Waals surface area contributed by atoms with Crippen molar-refractivity contribution in [3.8, 4) is 0 Å². The molecule has 0 fully saturated rings. The second-order valence-corrected chi connectivity index (χ2v) is 7.60. The molecule has 0 aliphatic rings. The summed E-state index contributed by atoms with van der Waals surface area (Å²) < 4.78 is 6.08. The number of nitrogens with one attached hydrogen (secondary N) is 3. The van der Waals surface area contributed by atoms with Gasteiger partial charge in [0.15, 0.2) is 0 Å². The third-order valence-electron chi connectivity index (χ3n) is 2.07. The number of hydrogen-bond donors (Lipinski definition) is 3. The highest BCUT2D eigenvalue weighted by atomic mass is 28.4. The van der Waals surface area contributed by atoms with Crippen molar-refractivity contribution in [3.63, 3.8) is 0 Å². The number of hydrogen-bond acceptors (Lipinski definition) is 4. The summed E-state index contributed by atoms with van der Waals surface area (Å²) in [6.07, 6.45) is 2.37. The van der Waals surface area contributed by atoms with Gasteiger partial charge in [-0.2, -0.15) is 0 Å². The van der Waals surface area contributed by atoms with Crippen LogP contribution in [0.2, 0.25) is 0 Å². The van der Waals surface area contributed by atoms with Crippen molar-refractivity contribution in [2.75, 3.05) is 20.6 Å². The molecule has 3 N–H and O–H groups in total. The Bertz CT molecular complexity index is 167. The first kappa shape index (κ1) is 15.1. The maximum Gasteiger partial charge on any atom is 0.440 e. The summed E-state index contributed by atoms with van der Waals surface area (Å²) in [5.74, 6) is 0.